The predicted octanol–water partition coefficient (Wildman–Crippen LogP) is 2.20. The van der Waals surface area contributed by atoms with Gasteiger partial charge in [0.1, 0.15) is 0 Å². The van der Waals surface area contributed by atoms with Crippen molar-refractivity contribution >= 4 is 0 Å². The molecular weight excluding hydrogens is 162 g/mol. The molecule has 0 amide bonds. The van der Waals surface area contributed by atoms with E-state index in [1.165, 1.54) is 0 Å². The number of rotatable bonds is 4. The van der Waals surface area contributed by atoms with Crippen molar-refractivity contribution in [2.45, 2.75) is 26.2 Å². The van der Waals surface area contributed by atoms with E-state index in [0.717, 1.165) is 12.1 Å². The van der Waals surface area contributed by atoms with Crippen LogP contribution in [0, 0.1) is 5.92 Å². The molecule has 0 radical (unpaired) electrons. The first-order valence-electron chi connectivity index (χ1n) is 4.77. The van der Waals surface area contributed by atoms with Gasteiger partial charge >= 0.3 is 0 Å². The fourth-order valence-corrected chi connectivity index (χ4v) is 1.56. The summed E-state index contributed by atoms with van der Waals surface area (Å²) in [6, 6.07) is 5.94. The lowest BCUT2D eigenvalue weighted by atomic mass is 9.89. The van der Waals surface area contributed by atoms with E-state index in [4.69, 9.17) is 5.11 Å². The van der Waals surface area contributed by atoms with Gasteiger partial charge in [-0.25, -0.2) is 0 Å². The quantitative estimate of drug-likeness (QED) is 0.768. The Bertz CT molecular complexity index is 233. The second-order valence-corrected chi connectivity index (χ2v) is 3.62. The minimum absolute atomic E-state index is 0.236. The van der Waals surface area contributed by atoms with E-state index < -0.39 is 0 Å². The molecule has 0 aliphatic rings. The van der Waals surface area contributed by atoms with Gasteiger partial charge in [-0.15, -0.1) is 0 Å². The standard InChI is InChI=1S/C11H17NO/c1-9(2)10(6-8-13)11-5-3-4-7-12-11/h3-5,7,9-10,13H,6,8H2,1-2H3. The van der Waals surface area contributed by atoms with Crippen LogP contribution in [0.2, 0.25) is 0 Å². The third-order valence-corrected chi connectivity index (χ3v) is 2.31. The van der Waals surface area contributed by atoms with Gasteiger partial charge in [-0.3, -0.25) is 4.98 Å². The second-order valence-electron chi connectivity index (χ2n) is 3.62. The van der Waals surface area contributed by atoms with Gasteiger partial charge in [0.15, 0.2) is 0 Å². The molecule has 1 aromatic heterocycles. The Morgan fingerprint density at radius 3 is 2.62 bits per heavy atom. The number of hydrogen-bond donors (Lipinski definition) is 1. The Hall–Kier alpha value is -0.890. The first kappa shape index (κ1) is 10.2. The third kappa shape index (κ3) is 2.81. The lowest BCUT2D eigenvalue weighted by Crippen LogP contribution is -2.10. The molecule has 1 heterocycles. The third-order valence-electron chi connectivity index (χ3n) is 2.31. The summed E-state index contributed by atoms with van der Waals surface area (Å²) in [5.74, 6) is 0.910. The highest BCUT2D eigenvalue weighted by Crippen LogP contribution is 2.25. The molecule has 0 fully saturated rings. The Morgan fingerprint density at radius 1 is 1.38 bits per heavy atom. The maximum absolute atomic E-state index is 8.92. The summed E-state index contributed by atoms with van der Waals surface area (Å²) in [7, 11) is 0. The Kier molecular flexibility index (Phi) is 3.90. The van der Waals surface area contributed by atoms with Crippen molar-refractivity contribution in [3.63, 3.8) is 0 Å². The number of hydrogen-bond acceptors (Lipinski definition) is 2. The second kappa shape index (κ2) is 4.97. The van der Waals surface area contributed by atoms with E-state index in [0.29, 0.717) is 11.8 Å². The Labute approximate surface area is 79.6 Å². The van der Waals surface area contributed by atoms with E-state index >= 15 is 0 Å². The number of pyridine rings is 1. The average Bonchev–Trinajstić information content (AvgIpc) is 2.15. The monoisotopic (exact) mass is 179 g/mol. The van der Waals surface area contributed by atoms with Crippen molar-refractivity contribution in [3.05, 3.63) is 30.1 Å². The van der Waals surface area contributed by atoms with Gasteiger partial charge in [0, 0.05) is 24.4 Å². The van der Waals surface area contributed by atoms with Crippen LogP contribution in [0.4, 0.5) is 0 Å². The van der Waals surface area contributed by atoms with Crippen LogP contribution in [-0.4, -0.2) is 16.7 Å². The zero-order valence-electron chi connectivity index (χ0n) is 8.27. The molecule has 0 aromatic carbocycles. The highest BCUT2D eigenvalue weighted by Gasteiger charge is 2.15. The number of aromatic nitrogens is 1. The highest BCUT2D eigenvalue weighted by molar-refractivity contribution is 5.10. The van der Waals surface area contributed by atoms with E-state index in [-0.39, 0.29) is 6.61 Å². The fourth-order valence-electron chi connectivity index (χ4n) is 1.56. The molecule has 1 unspecified atom stereocenters. The van der Waals surface area contributed by atoms with Crippen LogP contribution in [-0.2, 0) is 0 Å². The maximum atomic E-state index is 8.92. The first-order chi connectivity index (χ1) is 6.25. The van der Waals surface area contributed by atoms with E-state index in [1.807, 2.05) is 24.4 Å². The smallest absolute Gasteiger partial charge is 0.0437 e. The van der Waals surface area contributed by atoms with Crippen LogP contribution in [0.3, 0.4) is 0 Å². The van der Waals surface area contributed by atoms with Crippen LogP contribution < -0.4 is 0 Å². The largest absolute Gasteiger partial charge is 0.396 e. The van der Waals surface area contributed by atoms with Crippen LogP contribution in [0.1, 0.15) is 31.9 Å². The lowest BCUT2D eigenvalue weighted by Gasteiger charge is -2.18. The predicted molar refractivity (Wildman–Crippen MR) is 53.5 cm³/mol. The fraction of sp³-hybridized carbons (Fsp3) is 0.545. The van der Waals surface area contributed by atoms with Gasteiger partial charge in [-0.1, -0.05) is 19.9 Å². The van der Waals surface area contributed by atoms with Crippen LogP contribution in [0.25, 0.3) is 0 Å². The molecule has 1 rings (SSSR count). The summed E-state index contributed by atoms with van der Waals surface area (Å²) < 4.78 is 0. The summed E-state index contributed by atoms with van der Waals surface area (Å²) in [6.45, 7) is 4.56. The molecule has 13 heavy (non-hydrogen) atoms. The molecule has 0 saturated carbocycles. The average molecular weight is 179 g/mol. The van der Waals surface area contributed by atoms with Gasteiger partial charge < -0.3 is 5.11 Å². The van der Waals surface area contributed by atoms with Gasteiger partial charge in [0.05, 0.1) is 0 Å². The van der Waals surface area contributed by atoms with Crippen molar-refractivity contribution < 1.29 is 5.11 Å². The van der Waals surface area contributed by atoms with Crippen molar-refractivity contribution in [2.24, 2.45) is 5.92 Å². The van der Waals surface area contributed by atoms with Gasteiger partial charge in [0.25, 0.3) is 0 Å². The first-order valence-corrected chi connectivity index (χ1v) is 4.77. The SMILES string of the molecule is CC(C)C(CCO)c1ccccn1. The van der Waals surface area contributed by atoms with E-state index in [2.05, 4.69) is 18.8 Å². The molecule has 72 valence electrons. The topological polar surface area (TPSA) is 33.1 Å². The van der Waals surface area contributed by atoms with Crippen LogP contribution >= 0.6 is 0 Å². The maximum Gasteiger partial charge on any atom is 0.0437 e. The molecule has 2 heteroatoms. The molecule has 0 spiro atoms. The molecule has 0 aliphatic heterocycles. The van der Waals surface area contributed by atoms with Crippen molar-refractivity contribution in [1.82, 2.24) is 4.98 Å². The molecule has 0 saturated heterocycles. The zero-order chi connectivity index (χ0) is 9.68. The van der Waals surface area contributed by atoms with Crippen molar-refractivity contribution in [2.75, 3.05) is 6.61 Å². The minimum atomic E-state index is 0.236. The van der Waals surface area contributed by atoms with Crippen molar-refractivity contribution in [1.29, 1.82) is 0 Å². The molecular formula is C11H17NO. The summed E-state index contributed by atoms with van der Waals surface area (Å²) in [6.07, 6.45) is 2.61. The van der Waals surface area contributed by atoms with Gasteiger partial charge in [0.2, 0.25) is 0 Å². The minimum Gasteiger partial charge on any atom is -0.396 e. The van der Waals surface area contributed by atoms with Gasteiger partial charge in [-0.2, -0.15) is 0 Å². The normalized spacial score (nSPS) is 13.2. The number of aliphatic hydroxyl groups excluding tert-OH is 1. The summed E-state index contributed by atoms with van der Waals surface area (Å²) in [5, 5.41) is 8.92. The summed E-state index contributed by atoms with van der Waals surface area (Å²) >= 11 is 0. The van der Waals surface area contributed by atoms with Crippen LogP contribution in [0.5, 0.6) is 0 Å². The Balaban J connectivity index is 2.76. The van der Waals surface area contributed by atoms with Crippen LogP contribution in [0.15, 0.2) is 24.4 Å². The zero-order valence-corrected chi connectivity index (χ0v) is 8.27. The highest BCUT2D eigenvalue weighted by atomic mass is 16.3. The van der Waals surface area contributed by atoms with Crippen molar-refractivity contribution in [3.8, 4) is 0 Å². The molecule has 0 bridgehead atoms. The molecule has 2 nitrogen and oxygen atoms in total. The summed E-state index contributed by atoms with van der Waals surface area (Å²) in [4.78, 5) is 4.31. The van der Waals surface area contributed by atoms with E-state index in [9.17, 15) is 0 Å². The summed E-state index contributed by atoms with van der Waals surface area (Å²) in [5.41, 5.74) is 1.09. The Morgan fingerprint density at radius 2 is 2.15 bits per heavy atom. The number of nitrogens with zero attached hydrogens (tertiary/aromatic N) is 1. The lowest BCUT2D eigenvalue weighted by molar-refractivity contribution is 0.260. The molecule has 1 atom stereocenters. The van der Waals surface area contributed by atoms with E-state index in [1.54, 1.807) is 0 Å². The molecule has 1 N–H and O–H groups in total. The number of aliphatic hydroxyl groups is 1. The molecule has 0 aliphatic carbocycles. The van der Waals surface area contributed by atoms with Gasteiger partial charge in [-0.05, 0) is 24.5 Å². The molecule has 1 aromatic rings.